The van der Waals surface area contributed by atoms with E-state index in [-0.39, 0.29) is 0 Å². The van der Waals surface area contributed by atoms with Crippen molar-refractivity contribution in [2.24, 2.45) is 0 Å². The summed E-state index contributed by atoms with van der Waals surface area (Å²) in [6.07, 6.45) is 12.4. The largest absolute Gasteiger partial charge is 0.501 e. The minimum Gasteiger partial charge on any atom is -0.501 e. The van der Waals surface area contributed by atoms with Gasteiger partial charge in [-0.3, -0.25) is 0 Å². The SMILES string of the molecule is C#CC/C=C\C=C(/CC)OC. The summed E-state index contributed by atoms with van der Waals surface area (Å²) in [4.78, 5) is 0. The second-order valence-corrected chi connectivity index (χ2v) is 2.03. The molecule has 1 heteroatoms. The Kier molecular flexibility index (Phi) is 6.22. The molecule has 0 aromatic heterocycles. The maximum atomic E-state index is 5.06. The van der Waals surface area contributed by atoms with Gasteiger partial charge in [0, 0.05) is 12.8 Å². The van der Waals surface area contributed by atoms with E-state index in [1.54, 1.807) is 7.11 Å². The van der Waals surface area contributed by atoms with Crippen LogP contribution in [0.15, 0.2) is 24.0 Å². The summed E-state index contributed by atoms with van der Waals surface area (Å²) in [6, 6.07) is 0. The summed E-state index contributed by atoms with van der Waals surface area (Å²) >= 11 is 0. The highest BCUT2D eigenvalue weighted by Crippen LogP contribution is 2.00. The van der Waals surface area contributed by atoms with Crippen LogP contribution in [-0.4, -0.2) is 7.11 Å². The summed E-state index contributed by atoms with van der Waals surface area (Å²) in [6.45, 7) is 2.05. The molecule has 0 unspecified atom stereocenters. The number of ether oxygens (including phenoxy) is 1. The van der Waals surface area contributed by atoms with Crippen molar-refractivity contribution in [3.8, 4) is 12.3 Å². The van der Waals surface area contributed by atoms with Crippen molar-refractivity contribution in [2.75, 3.05) is 7.11 Å². The van der Waals surface area contributed by atoms with Crippen LogP contribution in [0.25, 0.3) is 0 Å². The van der Waals surface area contributed by atoms with Crippen molar-refractivity contribution in [3.63, 3.8) is 0 Å². The lowest BCUT2D eigenvalue weighted by Crippen LogP contribution is -1.81. The zero-order valence-corrected chi connectivity index (χ0v) is 7.13. The number of terminal acetylenes is 1. The molecule has 0 aliphatic rings. The molecule has 0 saturated carbocycles. The predicted molar refractivity (Wildman–Crippen MR) is 48.0 cm³/mol. The molecular formula is C10H14O. The standard InChI is InChI=1S/C10H14O/c1-4-6-7-8-9-10(5-2)11-3/h1,7-9H,5-6H2,2-3H3/b8-7-,10-9+. The van der Waals surface area contributed by atoms with E-state index in [9.17, 15) is 0 Å². The molecule has 0 rings (SSSR count). The van der Waals surface area contributed by atoms with E-state index in [0.717, 1.165) is 12.2 Å². The van der Waals surface area contributed by atoms with Crippen LogP contribution in [0.5, 0.6) is 0 Å². The van der Waals surface area contributed by atoms with Gasteiger partial charge in [0.25, 0.3) is 0 Å². The monoisotopic (exact) mass is 150 g/mol. The molecule has 0 spiro atoms. The van der Waals surface area contributed by atoms with Crippen LogP contribution < -0.4 is 0 Å². The average Bonchev–Trinajstić information content (AvgIpc) is 2.05. The zero-order chi connectivity index (χ0) is 8.53. The van der Waals surface area contributed by atoms with Gasteiger partial charge in [0.2, 0.25) is 0 Å². The van der Waals surface area contributed by atoms with Crippen molar-refractivity contribution in [3.05, 3.63) is 24.0 Å². The van der Waals surface area contributed by atoms with E-state index < -0.39 is 0 Å². The van der Waals surface area contributed by atoms with Crippen LogP contribution in [0.1, 0.15) is 19.8 Å². The fraction of sp³-hybridized carbons (Fsp3) is 0.400. The minimum absolute atomic E-state index is 0.678. The fourth-order valence-electron chi connectivity index (χ4n) is 0.642. The Bertz CT molecular complexity index is 176. The normalized spacial score (nSPS) is 11.5. The predicted octanol–water partition coefficient (Wildman–Crippen LogP) is 2.51. The van der Waals surface area contributed by atoms with Gasteiger partial charge >= 0.3 is 0 Å². The highest BCUT2D eigenvalue weighted by molar-refractivity contribution is 5.09. The van der Waals surface area contributed by atoms with Gasteiger partial charge in [0.1, 0.15) is 0 Å². The average molecular weight is 150 g/mol. The Balaban J connectivity index is 3.79. The number of hydrogen-bond donors (Lipinski definition) is 0. The van der Waals surface area contributed by atoms with Crippen molar-refractivity contribution >= 4 is 0 Å². The fourth-order valence-corrected chi connectivity index (χ4v) is 0.642. The number of methoxy groups -OCH3 is 1. The molecule has 11 heavy (non-hydrogen) atoms. The molecule has 0 heterocycles. The molecule has 0 atom stereocenters. The van der Waals surface area contributed by atoms with Crippen LogP contribution in [0.3, 0.4) is 0 Å². The summed E-state index contributed by atoms with van der Waals surface area (Å²) in [5, 5.41) is 0. The molecule has 0 amide bonds. The van der Waals surface area contributed by atoms with Crippen LogP contribution >= 0.6 is 0 Å². The first-order valence-electron chi connectivity index (χ1n) is 3.68. The third-order valence-electron chi connectivity index (χ3n) is 1.26. The van der Waals surface area contributed by atoms with E-state index in [4.69, 9.17) is 11.2 Å². The second kappa shape index (κ2) is 6.95. The van der Waals surface area contributed by atoms with Crippen molar-refractivity contribution in [1.29, 1.82) is 0 Å². The van der Waals surface area contributed by atoms with E-state index in [0.29, 0.717) is 6.42 Å². The number of rotatable bonds is 4. The molecule has 0 fully saturated rings. The van der Waals surface area contributed by atoms with Gasteiger partial charge in [-0.25, -0.2) is 0 Å². The third kappa shape index (κ3) is 5.29. The Morgan fingerprint density at radius 3 is 2.82 bits per heavy atom. The summed E-state index contributed by atoms with van der Waals surface area (Å²) in [5.74, 6) is 3.49. The van der Waals surface area contributed by atoms with Gasteiger partial charge in [-0.2, -0.15) is 0 Å². The molecule has 0 bridgehead atoms. The molecule has 0 radical (unpaired) electrons. The van der Waals surface area contributed by atoms with Crippen LogP contribution in [0.4, 0.5) is 0 Å². The van der Waals surface area contributed by atoms with Gasteiger partial charge in [-0.05, 0) is 6.08 Å². The third-order valence-corrected chi connectivity index (χ3v) is 1.26. The molecule has 0 aromatic rings. The van der Waals surface area contributed by atoms with Gasteiger partial charge < -0.3 is 4.74 Å². The number of hydrogen-bond acceptors (Lipinski definition) is 1. The minimum atomic E-state index is 0.678. The Morgan fingerprint density at radius 1 is 1.64 bits per heavy atom. The Morgan fingerprint density at radius 2 is 2.36 bits per heavy atom. The van der Waals surface area contributed by atoms with Gasteiger partial charge in [0.05, 0.1) is 12.9 Å². The highest BCUT2D eigenvalue weighted by atomic mass is 16.5. The molecule has 0 N–H and O–H groups in total. The van der Waals surface area contributed by atoms with Crippen molar-refractivity contribution < 1.29 is 4.74 Å². The molecule has 0 aliphatic carbocycles. The molecule has 60 valence electrons. The van der Waals surface area contributed by atoms with Gasteiger partial charge in [0.15, 0.2) is 0 Å². The first-order valence-corrected chi connectivity index (χ1v) is 3.68. The van der Waals surface area contributed by atoms with Gasteiger partial charge in [-0.15, -0.1) is 12.3 Å². The van der Waals surface area contributed by atoms with E-state index in [1.165, 1.54) is 0 Å². The molecule has 0 saturated heterocycles. The van der Waals surface area contributed by atoms with Crippen LogP contribution in [-0.2, 0) is 4.74 Å². The Hall–Kier alpha value is -1.16. The maximum Gasteiger partial charge on any atom is 0.0952 e. The smallest absolute Gasteiger partial charge is 0.0952 e. The van der Waals surface area contributed by atoms with Gasteiger partial charge in [-0.1, -0.05) is 19.1 Å². The molecule has 0 aliphatic heterocycles. The number of allylic oxidation sites excluding steroid dienone is 4. The maximum absolute atomic E-state index is 5.06. The summed E-state index contributed by atoms with van der Waals surface area (Å²) < 4.78 is 5.04. The van der Waals surface area contributed by atoms with E-state index in [1.807, 2.05) is 25.2 Å². The Labute approximate surface area is 68.8 Å². The lowest BCUT2D eigenvalue weighted by Gasteiger charge is -1.98. The van der Waals surface area contributed by atoms with E-state index >= 15 is 0 Å². The molecule has 0 aromatic carbocycles. The lowest BCUT2D eigenvalue weighted by molar-refractivity contribution is 0.281. The van der Waals surface area contributed by atoms with E-state index in [2.05, 4.69) is 5.92 Å². The van der Waals surface area contributed by atoms with Crippen molar-refractivity contribution in [1.82, 2.24) is 0 Å². The first-order chi connectivity index (χ1) is 5.35. The van der Waals surface area contributed by atoms with Crippen LogP contribution in [0.2, 0.25) is 0 Å². The van der Waals surface area contributed by atoms with Crippen molar-refractivity contribution in [2.45, 2.75) is 19.8 Å². The molecular weight excluding hydrogens is 136 g/mol. The topological polar surface area (TPSA) is 9.23 Å². The second-order valence-electron chi connectivity index (χ2n) is 2.03. The first kappa shape index (κ1) is 9.84. The summed E-state index contributed by atoms with van der Waals surface area (Å²) in [7, 11) is 1.67. The highest BCUT2D eigenvalue weighted by Gasteiger charge is 1.85. The summed E-state index contributed by atoms with van der Waals surface area (Å²) in [5.41, 5.74) is 0. The lowest BCUT2D eigenvalue weighted by atomic mass is 10.3. The zero-order valence-electron chi connectivity index (χ0n) is 7.13. The van der Waals surface area contributed by atoms with Crippen LogP contribution in [0, 0.1) is 12.3 Å². The quantitative estimate of drug-likeness (QED) is 0.340. The molecule has 1 nitrogen and oxygen atoms in total.